The van der Waals surface area contributed by atoms with Gasteiger partial charge in [0.1, 0.15) is 6.10 Å². The van der Waals surface area contributed by atoms with Crippen LogP contribution in [-0.2, 0) is 9.36 Å². The molecule has 0 radical (unpaired) electrons. The molecule has 9 nitrogen and oxygen atoms in total. The second kappa shape index (κ2) is 31.2. The van der Waals surface area contributed by atoms with Crippen LogP contribution in [0.25, 0.3) is 0 Å². The van der Waals surface area contributed by atoms with Gasteiger partial charge >= 0.3 is 43.3 Å². The van der Waals surface area contributed by atoms with E-state index in [9.17, 15) is 4.79 Å². The zero-order valence-corrected chi connectivity index (χ0v) is 19.8. The maximum atomic E-state index is 10.3. The Morgan fingerprint density at radius 1 is 0.781 bits per heavy atom. The van der Waals surface area contributed by atoms with Gasteiger partial charge in [-0.3, -0.25) is 4.79 Å². The third-order valence-electron chi connectivity index (χ3n) is 4.07. The number of allylic oxidation sites excluding steroid dienone is 2. The summed E-state index contributed by atoms with van der Waals surface area (Å²) in [6.45, 7) is 1.53. The predicted octanol–water partition coefficient (Wildman–Crippen LogP) is 2.86. The van der Waals surface area contributed by atoms with E-state index < -0.39 is 19.9 Å². The summed E-state index contributed by atoms with van der Waals surface area (Å²) in [6, 6.07) is 0. The summed E-state index contributed by atoms with van der Waals surface area (Å²) in [7, 11) is -4.64. The second-order valence-corrected chi connectivity index (χ2v) is 8.29. The molecule has 0 rings (SSSR count). The van der Waals surface area contributed by atoms with Gasteiger partial charge < -0.3 is 35.1 Å². The summed E-state index contributed by atoms with van der Waals surface area (Å²) in [5, 5.41) is 32.5. The minimum absolute atomic E-state index is 0. The number of aliphatic hydroxyl groups excluding tert-OH is 3. The Bertz CT molecular complexity index is 433. The normalized spacial score (nSPS) is 10.8. The topological polar surface area (TPSA) is 176 Å². The number of aliphatic carboxylic acids is 1. The molecule has 0 aromatic carbocycles. The Kier molecular flexibility index (Phi) is 38.4. The van der Waals surface area contributed by atoms with Gasteiger partial charge in [0, 0.05) is 6.42 Å². The van der Waals surface area contributed by atoms with E-state index >= 15 is 0 Å². The van der Waals surface area contributed by atoms with E-state index in [1.165, 1.54) is 70.6 Å². The van der Waals surface area contributed by atoms with Crippen molar-refractivity contribution in [1.29, 1.82) is 0 Å². The molecular weight excluding hydrogens is 450 g/mol. The molecule has 0 spiro atoms. The maximum absolute atomic E-state index is 10.3. The van der Waals surface area contributed by atoms with E-state index in [-0.39, 0.29) is 42.8 Å². The number of carboxylic acids is 1. The average Bonchev–Trinajstić information content (AvgIpc) is 2.69. The number of unbranched alkanes of at least 4 members (excludes halogenated alkanes) is 11. The van der Waals surface area contributed by atoms with E-state index in [0.717, 1.165) is 12.8 Å². The van der Waals surface area contributed by atoms with Crippen molar-refractivity contribution in [3.05, 3.63) is 12.2 Å². The fourth-order valence-corrected chi connectivity index (χ4v) is 2.40. The number of phosphoric acid groups is 1. The van der Waals surface area contributed by atoms with Gasteiger partial charge in [-0.25, -0.2) is 4.57 Å². The minimum atomic E-state index is -4.64. The molecule has 32 heavy (non-hydrogen) atoms. The van der Waals surface area contributed by atoms with Gasteiger partial charge in [-0.15, -0.1) is 0 Å². The monoisotopic (exact) mass is 496 g/mol. The number of hydrogen-bond acceptors (Lipinski definition) is 5. The molecule has 0 amide bonds. The average molecular weight is 497 g/mol. The quantitative estimate of drug-likeness (QED) is 0.0691. The van der Waals surface area contributed by atoms with Crippen molar-refractivity contribution in [2.24, 2.45) is 0 Å². The molecule has 0 unspecified atom stereocenters. The standard InChI is InChI=1S/C18H34O2.C3H8O3.Na.H3O4P.H/c1-2-3-4-5-6-7-8-9-10-11-12-13-14-15-16-17-18(19)20;4-1-3(6)2-5;;1-5(2,3)4;/h9-10H,2-8,11-17H2,1H3,(H,19,20);3-6H,1-2H2;;(H3,1,2,3,4);/b10-9-;;;;. The van der Waals surface area contributed by atoms with Crippen LogP contribution in [-0.4, -0.2) is 90.0 Å². The molecule has 0 saturated heterocycles. The Balaban J connectivity index is -0.000000269. The fourth-order valence-electron chi connectivity index (χ4n) is 2.40. The van der Waals surface area contributed by atoms with Crippen molar-refractivity contribution in [2.75, 3.05) is 13.2 Å². The molecule has 0 saturated carbocycles. The molecule has 11 heteroatoms. The first-order chi connectivity index (χ1) is 14.6. The molecular formula is C21H46NaO9P. The van der Waals surface area contributed by atoms with E-state index in [2.05, 4.69) is 19.1 Å². The molecule has 0 aliphatic carbocycles. The van der Waals surface area contributed by atoms with Crippen LogP contribution in [0.4, 0.5) is 0 Å². The Morgan fingerprint density at radius 3 is 1.44 bits per heavy atom. The summed E-state index contributed by atoms with van der Waals surface area (Å²) in [5.41, 5.74) is 0. The summed E-state index contributed by atoms with van der Waals surface area (Å²) < 4.78 is 8.88. The molecule has 190 valence electrons. The van der Waals surface area contributed by atoms with E-state index in [0.29, 0.717) is 6.42 Å². The van der Waals surface area contributed by atoms with Crippen LogP contribution in [0.1, 0.15) is 96.8 Å². The summed E-state index contributed by atoms with van der Waals surface area (Å²) >= 11 is 0. The van der Waals surface area contributed by atoms with E-state index in [1.807, 2.05) is 0 Å². The van der Waals surface area contributed by atoms with Gasteiger partial charge in [-0.2, -0.15) is 0 Å². The SMILES string of the molecule is CCCCCCCC/C=C\CCCCCCCC(=O)O.O=P(O)(O)O.OCC(O)CO.[NaH]. The van der Waals surface area contributed by atoms with Gasteiger partial charge in [-0.1, -0.05) is 70.4 Å². The molecule has 0 aromatic rings. The molecule has 0 aromatic heterocycles. The van der Waals surface area contributed by atoms with Crippen LogP contribution in [0, 0.1) is 0 Å². The number of rotatable bonds is 17. The first-order valence-corrected chi connectivity index (χ1v) is 12.7. The van der Waals surface area contributed by atoms with E-state index in [4.69, 9.17) is 39.7 Å². The first kappa shape index (κ1) is 39.4. The first-order valence-electron chi connectivity index (χ1n) is 11.1. The van der Waals surface area contributed by atoms with Crippen molar-refractivity contribution < 1.29 is 44.5 Å². The summed E-state index contributed by atoms with van der Waals surface area (Å²) in [4.78, 5) is 31.9. The van der Waals surface area contributed by atoms with Gasteiger partial charge in [-0.05, 0) is 32.1 Å². The van der Waals surface area contributed by atoms with Gasteiger partial charge in [0.25, 0.3) is 0 Å². The summed E-state index contributed by atoms with van der Waals surface area (Å²) in [5.74, 6) is -0.664. The number of carbonyl (C=O) groups is 1. The van der Waals surface area contributed by atoms with Crippen LogP contribution in [0.3, 0.4) is 0 Å². The molecule has 0 atom stereocenters. The molecule has 0 bridgehead atoms. The van der Waals surface area contributed by atoms with Crippen molar-refractivity contribution in [3.8, 4) is 0 Å². The van der Waals surface area contributed by atoms with Crippen molar-refractivity contribution in [3.63, 3.8) is 0 Å². The molecule has 0 heterocycles. The van der Waals surface area contributed by atoms with Crippen LogP contribution >= 0.6 is 7.82 Å². The van der Waals surface area contributed by atoms with Crippen molar-refractivity contribution >= 4 is 43.3 Å². The van der Waals surface area contributed by atoms with Crippen LogP contribution in [0.5, 0.6) is 0 Å². The Morgan fingerprint density at radius 2 is 1.12 bits per heavy atom. The number of aliphatic hydroxyl groups is 3. The molecule has 0 aliphatic heterocycles. The number of carboxylic acid groups (broad SMARTS) is 1. The Labute approximate surface area is 215 Å². The molecule has 0 aliphatic rings. The Hall–Kier alpha value is 0.200. The number of hydrogen-bond donors (Lipinski definition) is 7. The fraction of sp³-hybridized carbons (Fsp3) is 0.857. The van der Waals surface area contributed by atoms with Crippen LogP contribution < -0.4 is 0 Å². The van der Waals surface area contributed by atoms with Gasteiger partial charge in [0.15, 0.2) is 0 Å². The van der Waals surface area contributed by atoms with Gasteiger partial charge in [0.05, 0.1) is 13.2 Å². The predicted molar refractivity (Wildman–Crippen MR) is 129 cm³/mol. The molecule has 0 fully saturated rings. The van der Waals surface area contributed by atoms with Crippen LogP contribution in [0.15, 0.2) is 12.2 Å². The van der Waals surface area contributed by atoms with Crippen LogP contribution in [0.2, 0.25) is 0 Å². The zero-order valence-electron chi connectivity index (χ0n) is 18.9. The van der Waals surface area contributed by atoms with Gasteiger partial charge in [0.2, 0.25) is 0 Å². The van der Waals surface area contributed by atoms with Crippen molar-refractivity contribution in [1.82, 2.24) is 0 Å². The third-order valence-corrected chi connectivity index (χ3v) is 4.07. The van der Waals surface area contributed by atoms with Crippen molar-refractivity contribution in [2.45, 2.75) is 103 Å². The zero-order chi connectivity index (χ0) is 24.4. The summed E-state index contributed by atoms with van der Waals surface area (Å²) in [6.07, 6.45) is 20.3. The third kappa shape index (κ3) is 57.3. The second-order valence-electron chi connectivity index (χ2n) is 7.26. The van der Waals surface area contributed by atoms with E-state index in [1.54, 1.807) is 0 Å². The molecule has 7 N–H and O–H groups in total.